The molecule has 15 heteroatoms. The highest BCUT2D eigenvalue weighted by atomic mass is 16.5. The van der Waals surface area contributed by atoms with E-state index >= 15 is 4.79 Å². The van der Waals surface area contributed by atoms with Crippen LogP contribution in [0.2, 0.25) is 0 Å². The van der Waals surface area contributed by atoms with Gasteiger partial charge in [0.15, 0.2) is 11.6 Å². The lowest BCUT2D eigenvalue weighted by Crippen LogP contribution is -2.27. The summed E-state index contributed by atoms with van der Waals surface area (Å²) in [6, 6.07) is 37.6. The van der Waals surface area contributed by atoms with Crippen molar-refractivity contribution in [3.05, 3.63) is 219 Å². The summed E-state index contributed by atoms with van der Waals surface area (Å²) in [6.07, 6.45) is -0.354. The van der Waals surface area contributed by atoms with Crippen LogP contribution in [-0.2, 0) is 11.2 Å². The van der Waals surface area contributed by atoms with Gasteiger partial charge in [0.25, 0.3) is 0 Å². The van der Waals surface area contributed by atoms with Crippen LogP contribution in [0.25, 0.3) is 6.08 Å². The Morgan fingerprint density at radius 1 is 0.467 bits per heavy atom. The SMILES string of the molecule is O=C(/C=C/c1ccc2c(c1)[C@@H]([C@H](c1ccc(O)cc1O)c1cc([C@@H]3O[C@@H](c4ccc(O)cc4)[C@H](C(=O)c4ccc(O)cc4O)[C@H]3Cc3ccc(O)cc3)c(O)cc1O)[C@@H](c1ccc(O)cc1)O2)c1ccc(O)cc1O. The van der Waals surface area contributed by atoms with Crippen LogP contribution >= 0.6 is 0 Å². The molecule has 378 valence electrons. The van der Waals surface area contributed by atoms with Crippen LogP contribution in [0, 0.1) is 11.8 Å². The van der Waals surface area contributed by atoms with Crippen LogP contribution in [-0.4, -0.2) is 67.7 Å². The lowest BCUT2D eigenvalue weighted by Gasteiger charge is -2.31. The first-order valence-corrected chi connectivity index (χ1v) is 23.7. The Morgan fingerprint density at radius 3 is 1.60 bits per heavy atom. The Kier molecular flexibility index (Phi) is 12.9. The predicted octanol–water partition coefficient (Wildman–Crippen LogP) is 10.6. The number of carbonyl (C=O) groups excluding carboxylic acids is 2. The maximum atomic E-state index is 15.1. The van der Waals surface area contributed by atoms with E-state index in [0.717, 1.165) is 24.3 Å². The van der Waals surface area contributed by atoms with Gasteiger partial charge in [0.1, 0.15) is 75.1 Å². The van der Waals surface area contributed by atoms with Crippen LogP contribution in [0.4, 0.5) is 0 Å². The molecule has 0 aromatic heterocycles. The molecule has 0 spiro atoms. The van der Waals surface area contributed by atoms with Gasteiger partial charge in [0.2, 0.25) is 0 Å². The Morgan fingerprint density at radius 2 is 1.00 bits per heavy atom. The van der Waals surface area contributed by atoms with Crippen molar-refractivity contribution >= 4 is 17.6 Å². The van der Waals surface area contributed by atoms with E-state index in [0.29, 0.717) is 33.6 Å². The fourth-order valence-corrected chi connectivity index (χ4v) is 10.5. The molecular weight excluding hydrogens is 961 g/mol. The highest BCUT2D eigenvalue weighted by Crippen LogP contribution is 2.60. The summed E-state index contributed by atoms with van der Waals surface area (Å²) in [5.41, 5.74) is 2.91. The van der Waals surface area contributed by atoms with Crippen molar-refractivity contribution < 1.29 is 75.2 Å². The van der Waals surface area contributed by atoms with Crippen LogP contribution in [0.15, 0.2) is 164 Å². The summed E-state index contributed by atoms with van der Waals surface area (Å²) >= 11 is 0. The number of fused-ring (bicyclic) bond motifs is 1. The Bertz CT molecular complexity index is 3520. The Hall–Kier alpha value is -9.60. The molecule has 8 aromatic rings. The number of Topliss-reactive ketones (excluding diaryl/α,β-unsaturated/α-hetero) is 1. The molecule has 0 bridgehead atoms. The third-order valence-corrected chi connectivity index (χ3v) is 14.0. The molecule has 0 aliphatic carbocycles. The van der Waals surface area contributed by atoms with E-state index in [4.69, 9.17) is 9.47 Å². The van der Waals surface area contributed by atoms with Crippen LogP contribution in [0.3, 0.4) is 0 Å². The van der Waals surface area contributed by atoms with Crippen molar-refractivity contribution in [1.29, 1.82) is 0 Å². The van der Waals surface area contributed by atoms with Crippen molar-refractivity contribution in [2.45, 2.75) is 36.6 Å². The Balaban J connectivity index is 1.16. The molecule has 0 unspecified atom stereocenters. The third kappa shape index (κ3) is 9.63. The summed E-state index contributed by atoms with van der Waals surface area (Å²) < 4.78 is 13.7. The standard InChI is InChI=1S/C60H48O15/c61-34-9-1-30(2-10-34)24-46-56(57(73)42-20-17-39(66)27-50(42)70)59(33-7-13-36(63)14-8-33)75-60(46)44-28-43(51(71)29-52(44)72)54(41-19-16-38(65)26-49(41)69)55-45-23-31(3-21-47(67)40-18-15-37(64)25-48(40)68)4-22-53(45)74-58(55)32-5-11-35(62)12-6-32/h1-23,25-29,46,54-56,58-66,68-72H,24H2/b21-3+/t46-,54-,55+,56+,58-,59+,60+/m1/s1. The number of carbonyl (C=O) groups is 2. The molecule has 0 radical (unpaired) electrons. The first kappa shape index (κ1) is 49.0. The molecule has 10 rings (SSSR count). The number of allylic oxidation sites excluding steroid dienone is 1. The Labute approximate surface area is 428 Å². The zero-order chi connectivity index (χ0) is 52.8. The molecule has 15 nitrogen and oxygen atoms in total. The number of rotatable bonds is 13. The van der Waals surface area contributed by atoms with E-state index in [9.17, 15) is 61.0 Å². The first-order valence-electron chi connectivity index (χ1n) is 23.7. The van der Waals surface area contributed by atoms with Gasteiger partial charge in [-0.2, -0.15) is 0 Å². The second-order valence-electron chi connectivity index (χ2n) is 18.7. The van der Waals surface area contributed by atoms with Crippen molar-refractivity contribution in [2.75, 3.05) is 0 Å². The third-order valence-electron chi connectivity index (χ3n) is 14.0. The molecule has 0 saturated carbocycles. The van der Waals surface area contributed by atoms with E-state index in [-0.39, 0.29) is 74.5 Å². The van der Waals surface area contributed by atoms with Crippen LogP contribution in [0.5, 0.6) is 69.0 Å². The lowest BCUT2D eigenvalue weighted by atomic mass is 9.72. The number of hydrogen-bond donors (Lipinski definition) is 11. The molecule has 8 aromatic carbocycles. The molecule has 75 heavy (non-hydrogen) atoms. The largest absolute Gasteiger partial charge is 0.508 e. The minimum Gasteiger partial charge on any atom is -0.508 e. The van der Waals surface area contributed by atoms with Gasteiger partial charge in [-0.05, 0) is 120 Å². The number of phenols is 11. The van der Waals surface area contributed by atoms with Crippen molar-refractivity contribution in [1.82, 2.24) is 0 Å². The van der Waals surface area contributed by atoms with Crippen molar-refractivity contribution in [3.8, 4) is 69.0 Å². The fourth-order valence-electron chi connectivity index (χ4n) is 10.5. The number of aromatic hydroxyl groups is 11. The summed E-state index contributed by atoms with van der Waals surface area (Å²) in [5.74, 6) is -7.88. The monoisotopic (exact) mass is 1010 g/mol. The maximum Gasteiger partial charge on any atom is 0.189 e. The summed E-state index contributed by atoms with van der Waals surface area (Å²) in [6.45, 7) is 0. The minimum absolute atomic E-state index is 0.0139. The van der Waals surface area contributed by atoms with Crippen molar-refractivity contribution in [2.24, 2.45) is 11.8 Å². The molecule has 2 aliphatic rings. The van der Waals surface area contributed by atoms with Gasteiger partial charge < -0.3 is 65.6 Å². The minimum atomic E-state index is -1.19. The molecule has 1 fully saturated rings. The molecule has 11 N–H and O–H groups in total. The molecule has 0 amide bonds. The van der Waals surface area contributed by atoms with Crippen molar-refractivity contribution in [3.63, 3.8) is 0 Å². The van der Waals surface area contributed by atoms with E-state index in [1.54, 1.807) is 54.6 Å². The maximum absolute atomic E-state index is 15.1. The lowest BCUT2D eigenvalue weighted by molar-refractivity contribution is 0.0254. The van der Waals surface area contributed by atoms with E-state index in [2.05, 4.69) is 0 Å². The number of benzene rings is 8. The molecule has 2 heterocycles. The van der Waals surface area contributed by atoms with Crippen LogP contribution in [0.1, 0.15) is 95.4 Å². The van der Waals surface area contributed by atoms with Gasteiger partial charge in [-0.1, -0.05) is 54.6 Å². The first-order chi connectivity index (χ1) is 36.0. The van der Waals surface area contributed by atoms with Gasteiger partial charge >= 0.3 is 0 Å². The molecule has 1 saturated heterocycles. The van der Waals surface area contributed by atoms with E-state index in [1.807, 2.05) is 0 Å². The summed E-state index contributed by atoms with van der Waals surface area (Å²) in [5, 5.41) is 119. The van der Waals surface area contributed by atoms with Gasteiger partial charge in [-0.15, -0.1) is 0 Å². The second-order valence-corrected chi connectivity index (χ2v) is 18.7. The quantitative estimate of drug-likeness (QED) is 0.0379. The highest BCUT2D eigenvalue weighted by molar-refractivity contribution is 6.08. The van der Waals surface area contributed by atoms with Gasteiger partial charge in [-0.25, -0.2) is 0 Å². The normalized spacial score (nSPS) is 19.4. The highest BCUT2D eigenvalue weighted by Gasteiger charge is 2.51. The predicted molar refractivity (Wildman–Crippen MR) is 273 cm³/mol. The topological polar surface area (TPSA) is 275 Å². The second kappa shape index (κ2) is 19.8. The molecule has 2 aliphatic heterocycles. The smallest absolute Gasteiger partial charge is 0.189 e. The average molecular weight is 1010 g/mol. The van der Waals surface area contributed by atoms with E-state index < -0.39 is 76.5 Å². The summed E-state index contributed by atoms with van der Waals surface area (Å²) in [7, 11) is 0. The number of phenolic OH excluding ortho intramolecular Hbond substituents is 11. The van der Waals surface area contributed by atoms with Gasteiger partial charge in [-0.3, -0.25) is 9.59 Å². The number of ether oxygens (including phenoxy) is 2. The van der Waals surface area contributed by atoms with Gasteiger partial charge in [0.05, 0.1) is 29.3 Å². The summed E-state index contributed by atoms with van der Waals surface area (Å²) in [4.78, 5) is 28.4. The molecular formula is C60H48O15. The zero-order valence-corrected chi connectivity index (χ0v) is 39.5. The van der Waals surface area contributed by atoms with Gasteiger partial charge in [0, 0.05) is 64.3 Å². The molecule has 7 atom stereocenters. The fraction of sp³-hybridized carbons (Fsp3) is 0.133. The van der Waals surface area contributed by atoms with Crippen LogP contribution < -0.4 is 4.74 Å². The average Bonchev–Trinajstić information content (AvgIpc) is 3.95. The number of hydrogen-bond acceptors (Lipinski definition) is 15. The van der Waals surface area contributed by atoms with E-state index in [1.165, 1.54) is 91.0 Å². The zero-order valence-electron chi connectivity index (χ0n) is 39.5. The number of ketones is 2.